The minimum absolute atomic E-state index is 0.120. The normalized spacial score (nSPS) is 21.8. The summed E-state index contributed by atoms with van der Waals surface area (Å²) in [6.45, 7) is 3.00. The molecule has 1 N–H and O–H groups in total. The fourth-order valence-electron chi connectivity index (χ4n) is 3.56. The third-order valence-corrected chi connectivity index (χ3v) is 6.05. The molecule has 0 radical (unpaired) electrons. The number of rotatable bonds is 4. The van der Waals surface area contributed by atoms with E-state index in [0.29, 0.717) is 31.5 Å². The van der Waals surface area contributed by atoms with Crippen molar-refractivity contribution in [2.45, 2.75) is 38.6 Å². The molecule has 1 atom stereocenters. The van der Waals surface area contributed by atoms with Gasteiger partial charge >= 0.3 is 0 Å². The molecule has 2 aliphatic rings. The van der Waals surface area contributed by atoms with E-state index in [1.54, 1.807) is 11.0 Å². The monoisotopic (exact) mass is 365 g/mol. The van der Waals surface area contributed by atoms with Crippen LogP contribution in [0.4, 0.5) is 11.4 Å². The van der Waals surface area contributed by atoms with Crippen molar-refractivity contribution in [1.29, 1.82) is 0 Å². The third kappa shape index (κ3) is 3.69. The molecule has 2 fully saturated rings. The predicted octanol–water partition coefficient (Wildman–Crippen LogP) is 1.48. The first-order chi connectivity index (χ1) is 11.8. The van der Waals surface area contributed by atoms with E-state index in [2.05, 4.69) is 5.32 Å². The smallest absolute Gasteiger partial charge is 0.242 e. The second-order valence-electron chi connectivity index (χ2n) is 6.67. The number of aryl methyl sites for hydroxylation is 1. The molecule has 1 aromatic rings. The molecule has 0 saturated carbocycles. The molecule has 0 spiro atoms. The summed E-state index contributed by atoms with van der Waals surface area (Å²) in [7, 11) is -3.39. The summed E-state index contributed by atoms with van der Waals surface area (Å²) < 4.78 is 24.8. The highest BCUT2D eigenvalue weighted by molar-refractivity contribution is 7.88. The molecule has 2 heterocycles. The number of hydrogen-bond donors (Lipinski definition) is 1. The second kappa shape index (κ2) is 6.76. The van der Waals surface area contributed by atoms with Gasteiger partial charge in [0.1, 0.15) is 6.04 Å². The number of benzene rings is 1. The quantitative estimate of drug-likeness (QED) is 0.876. The van der Waals surface area contributed by atoms with Gasteiger partial charge in [-0.25, -0.2) is 8.42 Å². The SMILES string of the molecule is Cc1cc(NC(=O)[C@@H]2CCCN2S(C)(=O)=O)ccc1N1CCCC1=O. The van der Waals surface area contributed by atoms with Gasteiger partial charge in [0.05, 0.1) is 6.26 Å². The highest BCUT2D eigenvalue weighted by Gasteiger charge is 2.36. The maximum Gasteiger partial charge on any atom is 0.242 e. The zero-order valence-corrected chi connectivity index (χ0v) is 15.3. The Kier molecular flexibility index (Phi) is 4.83. The van der Waals surface area contributed by atoms with Crippen molar-refractivity contribution in [1.82, 2.24) is 4.31 Å². The van der Waals surface area contributed by atoms with Gasteiger partial charge in [-0.2, -0.15) is 4.31 Å². The first kappa shape index (κ1) is 17.9. The van der Waals surface area contributed by atoms with E-state index in [9.17, 15) is 18.0 Å². The molecule has 2 amide bonds. The number of carbonyl (C=O) groups excluding carboxylic acids is 2. The van der Waals surface area contributed by atoms with Crippen LogP contribution in [0, 0.1) is 6.92 Å². The largest absolute Gasteiger partial charge is 0.325 e. The lowest BCUT2D eigenvalue weighted by Gasteiger charge is -2.22. The highest BCUT2D eigenvalue weighted by atomic mass is 32.2. The maximum atomic E-state index is 12.5. The van der Waals surface area contributed by atoms with E-state index >= 15 is 0 Å². The van der Waals surface area contributed by atoms with Crippen molar-refractivity contribution < 1.29 is 18.0 Å². The van der Waals surface area contributed by atoms with Gasteiger partial charge in [-0.1, -0.05) is 0 Å². The molecule has 2 aliphatic heterocycles. The number of anilines is 2. The average Bonchev–Trinajstić information content (AvgIpc) is 3.16. The molecule has 0 bridgehead atoms. The van der Waals surface area contributed by atoms with Gasteiger partial charge < -0.3 is 10.2 Å². The summed E-state index contributed by atoms with van der Waals surface area (Å²) in [4.78, 5) is 26.1. The molecule has 0 aliphatic carbocycles. The molecule has 3 rings (SSSR count). The van der Waals surface area contributed by atoms with Gasteiger partial charge in [-0.15, -0.1) is 0 Å². The van der Waals surface area contributed by atoms with E-state index < -0.39 is 16.1 Å². The van der Waals surface area contributed by atoms with Crippen LogP contribution >= 0.6 is 0 Å². The molecule has 136 valence electrons. The summed E-state index contributed by atoms with van der Waals surface area (Å²) in [6, 6.07) is 4.75. The minimum atomic E-state index is -3.39. The van der Waals surface area contributed by atoms with Crippen LogP contribution in [-0.2, 0) is 19.6 Å². The average molecular weight is 365 g/mol. The molecule has 2 saturated heterocycles. The summed E-state index contributed by atoms with van der Waals surface area (Å²) in [6.07, 6.45) is 3.77. The van der Waals surface area contributed by atoms with Gasteiger partial charge in [0, 0.05) is 30.9 Å². The van der Waals surface area contributed by atoms with E-state index in [-0.39, 0.29) is 11.8 Å². The summed E-state index contributed by atoms with van der Waals surface area (Å²) in [5.74, 6) is -0.193. The Morgan fingerprint density at radius 3 is 2.60 bits per heavy atom. The van der Waals surface area contributed by atoms with E-state index in [0.717, 1.165) is 30.5 Å². The lowest BCUT2D eigenvalue weighted by Crippen LogP contribution is -2.42. The Morgan fingerprint density at radius 1 is 1.24 bits per heavy atom. The van der Waals surface area contributed by atoms with Gasteiger partial charge in [0.2, 0.25) is 21.8 Å². The van der Waals surface area contributed by atoms with Gasteiger partial charge in [0.15, 0.2) is 0 Å². The zero-order chi connectivity index (χ0) is 18.2. The van der Waals surface area contributed by atoms with Crippen molar-refractivity contribution in [3.63, 3.8) is 0 Å². The number of sulfonamides is 1. The Morgan fingerprint density at radius 2 is 2.00 bits per heavy atom. The van der Waals surface area contributed by atoms with Crippen molar-refractivity contribution >= 4 is 33.2 Å². The van der Waals surface area contributed by atoms with Crippen LogP contribution in [-0.4, -0.2) is 49.9 Å². The molecule has 7 nitrogen and oxygen atoms in total. The topological polar surface area (TPSA) is 86.8 Å². The molecule has 0 unspecified atom stereocenters. The third-order valence-electron chi connectivity index (χ3n) is 4.76. The minimum Gasteiger partial charge on any atom is -0.325 e. The van der Waals surface area contributed by atoms with Crippen molar-refractivity contribution in [2.75, 3.05) is 29.6 Å². The Labute approximate surface area is 148 Å². The maximum absolute atomic E-state index is 12.5. The summed E-state index contributed by atoms with van der Waals surface area (Å²) in [5.41, 5.74) is 2.37. The highest BCUT2D eigenvalue weighted by Crippen LogP contribution is 2.28. The van der Waals surface area contributed by atoms with Crippen molar-refractivity contribution in [3.05, 3.63) is 23.8 Å². The van der Waals surface area contributed by atoms with Crippen LogP contribution in [0.3, 0.4) is 0 Å². The van der Waals surface area contributed by atoms with E-state index in [4.69, 9.17) is 0 Å². The van der Waals surface area contributed by atoms with Crippen molar-refractivity contribution in [2.24, 2.45) is 0 Å². The Balaban J connectivity index is 1.74. The fourth-order valence-corrected chi connectivity index (χ4v) is 4.69. The van der Waals surface area contributed by atoms with Crippen LogP contribution in [0.1, 0.15) is 31.2 Å². The van der Waals surface area contributed by atoms with Gasteiger partial charge in [-0.3, -0.25) is 9.59 Å². The molecular weight excluding hydrogens is 342 g/mol. The standard InChI is InChI=1S/C17H23N3O4S/c1-12-11-13(7-8-14(12)19-9-4-6-16(19)21)18-17(22)15-5-3-10-20(15)25(2,23)24/h7-8,11,15H,3-6,9-10H2,1-2H3,(H,18,22)/t15-/m0/s1. The summed E-state index contributed by atoms with van der Waals surface area (Å²) >= 11 is 0. The summed E-state index contributed by atoms with van der Waals surface area (Å²) in [5, 5.41) is 2.81. The van der Waals surface area contributed by atoms with Crippen LogP contribution < -0.4 is 10.2 Å². The lowest BCUT2D eigenvalue weighted by atomic mass is 10.1. The first-order valence-corrected chi connectivity index (χ1v) is 10.3. The van der Waals surface area contributed by atoms with E-state index in [1.807, 2.05) is 19.1 Å². The molecular formula is C17H23N3O4S. The second-order valence-corrected chi connectivity index (χ2v) is 8.61. The number of amides is 2. The van der Waals surface area contributed by atoms with Crippen LogP contribution in [0.5, 0.6) is 0 Å². The number of nitrogens with one attached hydrogen (secondary N) is 1. The Hall–Kier alpha value is -1.93. The molecule has 1 aromatic carbocycles. The van der Waals surface area contributed by atoms with Crippen LogP contribution in [0.15, 0.2) is 18.2 Å². The number of carbonyl (C=O) groups is 2. The van der Waals surface area contributed by atoms with Crippen molar-refractivity contribution in [3.8, 4) is 0 Å². The fraction of sp³-hybridized carbons (Fsp3) is 0.529. The lowest BCUT2D eigenvalue weighted by molar-refractivity contribution is -0.119. The molecule has 8 heteroatoms. The molecule has 25 heavy (non-hydrogen) atoms. The van der Waals surface area contributed by atoms with Crippen LogP contribution in [0.2, 0.25) is 0 Å². The van der Waals surface area contributed by atoms with Gasteiger partial charge in [0.25, 0.3) is 0 Å². The Bertz CT molecular complexity index is 806. The zero-order valence-electron chi connectivity index (χ0n) is 14.5. The predicted molar refractivity (Wildman–Crippen MR) is 96.0 cm³/mol. The van der Waals surface area contributed by atoms with E-state index in [1.165, 1.54) is 4.31 Å². The van der Waals surface area contributed by atoms with Gasteiger partial charge in [-0.05, 0) is 49.9 Å². The van der Waals surface area contributed by atoms with Crippen LogP contribution in [0.25, 0.3) is 0 Å². The number of nitrogens with zero attached hydrogens (tertiary/aromatic N) is 2. The molecule has 0 aromatic heterocycles. The first-order valence-electron chi connectivity index (χ1n) is 8.46. The number of hydrogen-bond acceptors (Lipinski definition) is 4.